The molecule has 0 aliphatic carbocycles. The van der Waals surface area contributed by atoms with Crippen LogP contribution in [0.5, 0.6) is 5.88 Å². The second-order valence-corrected chi connectivity index (χ2v) is 19.2. The SMILES string of the molecule is COc1ncc(Cl)cc1S(=O)(=O)Nc1ccc(F)c(-c2ccc3c(-c4nc(Cl)cn4COCC[Si](C)(C)C)ncn3c2)c1F. The summed E-state index contributed by atoms with van der Waals surface area (Å²) in [5, 5.41) is 0.292. The Bertz CT molecular complexity index is 1960. The summed E-state index contributed by atoms with van der Waals surface area (Å²) in [7, 11) is -4.45. The third kappa shape index (κ3) is 6.73. The van der Waals surface area contributed by atoms with Crippen molar-refractivity contribution >= 4 is 52.5 Å². The normalized spacial score (nSPS) is 12.2. The largest absolute Gasteiger partial charge is 0.480 e. The molecule has 0 atom stereocenters. The van der Waals surface area contributed by atoms with Gasteiger partial charge >= 0.3 is 0 Å². The predicted octanol–water partition coefficient (Wildman–Crippen LogP) is 6.97. The van der Waals surface area contributed by atoms with Crippen LogP contribution in [0.1, 0.15) is 0 Å². The number of nitrogens with zero attached hydrogens (tertiary/aromatic N) is 5. The van der Waals surface area contributed by atoms with Gasteiger partial charge in [0.25, 0.3) is 10.0 Å². The number of hydrogen-bond acceptors (Lipinski definition) is 7. The summed E-state index contributed by atoms with van der Waals surface area (Å²) in [6.07, 6.45) is 5.82. The first-order valence-corrected chi connectivity index (χ1v) is 19.2. The van der Waals surface area contributed by atoms with E-state index in [1.165, 1.54) is 31.9 Å². The smallest absolute Gasteiger partial charge is 0.267 e. The van der Waals surface area contributed by atoms with Crippen molar-refractivity contribution in [1.82, 2.24) is 23.9 Å². The predicted molar refractivity (Wildman–Crippen MR) is 167 cm³/mol. The highest BCUT2D eigenvalue weighted by molar-refractivity contribution is 7.92. The minimum Gasteiger partial charge on any atom is -0.480 e. The lowest BCUT2D eigenvalue weighted by molar-refractivity contribution is 0.0882. The third-order valence-corrected chi connectivity index (χ3v) is 10.1. The number of fused-ring (bicyclic) bond motifs is 1. The van der Waals surface area contributed by atoms with Crippen LogP contribution < -0.4 is 9.46 Å². The molecule has 5 aromatic rings. The summed E-state index contributed by atoms with van der Waals surface area (Å²) in [4.78, 5) is 12.3. The number of rotatable bonds is 11. The molecule has 0 saturated heterocycles. The lowest BCUT2D eigenvalue weighted by Crippen LogP contribution is -2.22. The molecule has 0 fully saturated rings. The molecule has 0 bridgehead atoms. The quantitative estimate of drug-likeness (QED) is 0.118. The summed E-state index contributed by atoms with van der Waals surface area (Å²) in [5.74, 6) is -1.80. The molecule has 16 heteroatoms. The molecule has 232 valence electrons. The molecule has 0 aliphatic rings. The first-order chi connectivity index (χ1) is 20.8. The van der Waals surface area contributed by atoms with Gasteiger partial charge < -0.3 is 18.4 Å². The highest BCUT2D eigenvalue weighted by Gasteiger charge is 2.25. The van der Waals surface area contributed by atoms with Crippen molar-refractivity contribution in [2.24, 2.45) is 0 Å². The molecule has 0 spiro atoms. The van der Waals surface area contributed by atoms with Gasteiger partial charge in [-0.15, -0.1) is 0 Å². The average Bonchev–Trinajstić information content (AvgIpc) is 3.54. The Kier molecular flexibility index (Phi) is 9.00. The Morgan fingerprint density at radius 2 is 1.84 bits per heavy atom. The summed E-state index contributed by atoms with van der Waals surface area (Å²) in [6, 6.07) is 7.20. The van der Waals surface area contributed by atoms with E-state index in [0.29, 0.717) is 23.6 Å². The van der Waals surface area contributed by atoms with E-state index in [-0.39, 0.29) is 28.3 Å². The second kappa shape index (κ2) is 12.4. The van der Waals surface area contributed by atoms with E-state index in [2.05, 4.69) is 39.3 Å². The standard InChI is InChI=1S/C28H28Cl2F2N6O4SSi/c1-41-28-22(11-18(29)12-33-28)43(39,40)36-20-7-6-19(31)24(25(20)32)17-5-8-21-26(34-15-37(21)13-17)27-35-23(30)14-38(27)16-42-9-10-44(2,3)4/h5-8,11-15,36H,9-10,16H2,1-4H3. The third-order valence-electron chi connectivity index (χ3n) is 6.61. The van der Waals surface area contributed by atoms with Gasteiger partial charge in [0.2, 0.25) is 5.88 Å². The number of aromatic nitrogens is 5. The molecule has 0 aliphatic heterocycles. The molecule has 10 nitrogen and oxygen atoms in total. The van der Waals surface area contributed by atoms with Crippen LogP contribution in [-0.2, 0) is 21.5 Å². The first-order valence-electron chi connectivity index (χ1n) is 13.3. The highest BCUT2D eigenvalue weighted by atomic mass is 35.5. The van der Waals surface area contributed by atoms with E-state index in [9.17, 15) is 8.42 Å². The molecule has 0 saturated carbocycles. The Hall–Kier alpha value is -3.56. The van der Waals surface area contributed by atoms with Gasteiger partial charge in [0.05, 0.1) is 28.9 Å². The lowest BCUT2D eigenvalue weighted by atomic mass is 10.0. The van der Waals surface area contributed by atoms with Gasteiger partial charge in [0, 0.05) is 38.8 Å². The van der Waals surface area contributed by atoms with Gasteiger partial charge in [-0.2, -0.15) is 0 Å². The van der Waals surface area contributed by atoms with Crippen LogP contribution in [0.25, 0.3) is 28.2 Å². The number of imidazole rings is 2. The Labute approximate surface area is 263 Å². The fraction of sp³-hybridized carbons (Fsp3) is 0.250. The maximum absolute atomic E-state index is 15.8. The summed E-state index contributed by atoms with van der Waals surface area (Å²) < 4.78 is 73.4. The van der Waals surface area contributed by atoms with Crippen molar-refractivity contribution < 1.29 is 26.7 Å². The number of anilines is 1. The number of methoxy groups -OCH3 is 1. The van der Waals surface area contributed by atoms with Crippen LogP contribution in [0.15, 0.2) is 60.1 Å². The van der Waals surface area contributed by atoms with E-state index in [1.807, 2.05) is 0 Å². The fourth-order valence-corrected chi connectivity index (χ4v) is 6.76. The van der Waals surface area contributed by atoms with Crippen molar-refractivity contribution in [3.63, 3.8) is 0 Å². The second-order valence-electron chi connectivity index (χ2n) is 11.1. The van der Waals surface area contributed by atoms with E-state index in [0.717, 1.165) is 24.2 Å². The van der Waals surface area contributed by atoms with Gasteiger partial charge in [-0.3, -0.25) is 4.72 Å². The zero-order chi connectivity index (χ0) is 31.8. The minimum atomic E-state index is -4.42. The molecule has 44 heavy (non-hydrogen) atoms. The molecule has 0 radical (unpaired) electrons. The van der Waals surface area contributed by atoms with Crippen molar-refractivity contribution in [3.8, 4) is 28.5 Å². The van der Waals surface area contributed by atoms with Crippen molar-refractivity contribution in [2.75, 3.05) is 18.4 Å². The molecule has 1 aromatic carbocycles. The number of hydrogen-bond donors (Lipinski definition) is 1. The zero-order valence-corrected chi connectivity index (χ0v) is 27.4. The summed E-state index contributed by atoms with van der Waals surface area (Å²) in [6.45, 7) is 7.64. The van der Waals surface area contributed by atoms with Crippen LogP contribution in [0.3, 0.4) is 0 Å². The molecule has 4 aromatic heterocycles. The topological polar surface area (TPSA) is 113 Å². The van der Waals surface area contributed by atoms with E-state index in [1.54, 1.807) is 21.2 Å². The Morgan fingerprint density at radius 3 is 2.57 bits per heavy atom. The van der Waals surface area contributed by atoms with E-state index < -0.39 is 45.9 Å². The van der Waals surface area contributed by atoms with E-state index >= 15 is 8.78 Å². The van der Waals surface area contributed by atoms with Gasteiger partial charge in [0.1, 0.15) is 29.7 Å². The molecule has 0 amide bonds. The molecule has 0 unspecified atom stereocenters. The summed E-state index contributed by atoms with van der Waals surface area (Å²) in [5.41, 5.74) is 0.288. The van der Waals surface area contributed by atoms with Gasteiger partial charge in [0.15, 0.2) is 16.5 Å². The molecular weight excluding hydrogens is 653 g/mol. The van der Waals surface area contributed by atoms with Crippen molar-refractivity contribution in [1.29, 1.82) is 0 Å². The number of benzene rings is 1. The van der Waals surface area contributed by atoms with Crippen LogP contribution in [-0.4, -0.2) is 54.1 Å². The molecule has 5 rings (SSSR count). The minimum absolute atomic E-state index is 0.0266. The average molecular weight is 682 g/mol. The maximum atomic E-state index is 15.8. The number of sulfonamides is 1. The number of ether oxygens (including phenoxy) is 2. The molecule has 1 N–H and O–H groups in total. The fourth-order valence-electron chi connectivity index (χ4n) is 4.38. The maximum Gasteiger partial charge on any atom is 0.267 e. The van der Waals surface area contributed by atoms with Crippen LogP contribution in [0.4, 0.5) is 14.5 Å². The van der Waals surface area contributed by atoms with Gasteiger partial charge in [-0.1, -0.05) is 48.9 Å². The Balaban J connectivity index is 1.46. The van der Waals surface area contributed by atoms with Crippen LogP contribution >= 0.6 is 23.2 Å². The van der Waals surface area contributed by atoms with Gasteiger partial charge in [-0.25, -0.2) is 32.2 Å². The number of halogens is 4. The molecule has 4 heterocycles. The van der Waals surface area contributed by atoms with Crippen molar-refractivity contribution in [3.05, 3.63) is 77.1 Å². The lowest BCUT2D eigenvalue weighted by Gasteiger charge is -2.16. The van der Waals surface area contributed by atoms with Crippen LogP contribution in [0.2, 0.25) is 35.9 Å². The monoisotopic (exact) mass is 680 g/mol. The summed E-state index contributed by atoms with van der Waals surface area (Å²) >= 11 is 12.1. The molecular formula is C28H28Cl2F2N6O4SSi. The number of pyridine rings is 2. The number of nitrogens with one attached hydrogen (secondary N) is 1. The van der Waals surface area contributed by atoms with Gasteiger partial charge in [-0.05, 0) is 30.3 Å². The first kappa shape index (κ1) is 31.8. The highest BCUT2D eigenvalue weighted by Crippen LogP contribution is 2.34. The van der Waals surface area contributed by atoms with E-state index in [4.69, 9.17) is 32.7 Å². The van der Waals surface area contributed by atoms with Crippen molar-refractivity contribution in [2.45, 2.75) is 37.3 Å². The van der Waals surface area contributed by atoms with Crippen LogP contribution in [0, 0.1) is 11.6 Å². The Morgan fingerprint density at radius 1 is 1.07 bits per heavy atom. The zero-order valence-electron chi connectivity index (χ0n) is 24.1.